The second kappa shape index (κ2) is 6.70. The highest BCUT2D eigenvalue weighted by Gasteiger charge is 2.31. The highest BCUT2D eigenvalue weighted by Crippen LogP contribution is 2.40. The van der Waals surface area contributed by atoms with Crippen molar-refractivity contribution in [1.29, 1.82) is 0 Å². The minimum atomic E-state index is -0.230. The van der Waals surface area contributed by atoms with Gasteiger partial charge in [0, 0.05) is 12.0 Å². The Kier molecular flexibility index (Phi) is 4.66. The summed E-state index contributed by atoms with van der Waals surface area (Å²) >= 11 is 0. The molecular formula is C16H25N5O2. The summed E-state index contributed by atoms with van der Waals surface area (Å²) in [5, 5.41) is 7.31. The van der Waals surface area contributed by atoms with Crippen molar-refractivity contribution in [3.63, 3.8) is 0 Å². The number of carbonyl (C=O) groups is 2. The number of primary amides is 1. The zero-order valence-electron chi connectivity index (χ0n) is 13.6. The van der Waals surface area contributed by atoms with E-state index in [1.165, 1.54) is 12.8 Å². The maximum atomic E-state index is 12.3. The van der Waals surface area contributed by atoms with E-state index in [-0.39, 0.29) is 17.7 Å². The summed E-state index contributed by atoms with van der Waals surface area (Å²) < 4.78 is 1.91. The number of hydrogen-bond donors (Lipinski definition) is 2. The number of piperidine rings is 1. The van der Waals surface area contributed by atoms with Gasteiger partial charge >= 0.3 is 0 Å². The Labute approximate surface area is 136 Å². The van der Waals surface area contributed by atoms with Crippen LogP contribution in [0.5, 0.6) is 0 Å². The first kappa shape index (κ1) is 16.0. The number of anilines is 1. The van der Waals surface area contributed by atoms with Crippen molar-refractivity contribution in [2.75, 3.05) is 25.0 Å². The Morgan fingerprint density at radius 3 is 2.65 bits per heavy atom. The van der Waals surface area contributed by atoms with Gasteiger partial charge < -0.3 is 11.1 Å². The number of likely N-dealkylation sites (tertiary alicyclic amines) is 1. The van der Waals surface area contributed by atoms with E-state index >= 15 is 0 Å². The van der Waals surface area contributed by atoms with Gasteiger partial charge in [0.25, 0.3) is 0 Å². The molecule has 0 unspecified atom stereocenters. The van der Waals surface area contributed by atoms with Crippen LogP contribution in [-0.4, -0.2) is 46.1 Å². The van der Waals surface area contributed by atoms with E-state index in [9.17, 15) is 9.59 Å². The Morgan fingerprint density at radius 2 is 2.04 bits per heavy atom. The maximum absolute atomic E-state index is 12.3. The summed E-state index contributed by atoms with van der Waals surface area (Å²) in [5.41, 5.74) is 5.33. The molecule has 3 rings (SSSR count). The molecule has 1 aliphatic heterocycles. The molecule has 2 aliphatic rings. The molecule has 2 amide bonds. The van der Waals surface area contributed by atoms with Crippen molar-refractivity contribution in [3.8, 4) is 0 Å². The molecule has 1 saturated carbocycles. The van der Waals surface area contributed by atoms with Crippen molar-refractivity contribution in [1.82, 2.24) is 14.7 Å². The van der Waals surface area contributed by atoms with Crippen LogP contribution < -0.4 is 11.1 Å². The van der Waals surface area contributed by atoms with Gasteiger partial charge in [0.05, 0.1) is 18.8 Å². The molecule has 1 saturated heterocycles. The maximum Gasteiger partial charge on any atom is 0.239 e. The van der Waals surface area contributed by atoms with Gasteiger partial charge in [-0.2, -0.15) is 5.10 Å². The lowest BCUT2D eigenvalue weighted by molar-refractivity contribution is -0.123. The van der Waals surface area contributed by atoms with Crippen molar-refractivity contribution in [2.24, 2.45) is 17.6 Å². The SMILES string of the molecule is C[C@H](C1CC1)n1nccc1NC(=O)CN1CCC(C(N)=O)CC1. The number of carbonyl (C=O) groups excluding carboxylic acids is 2. The first-order chi connectivity index (χ1) is 11.0. The number of amides is 2. The van der Waals surface area contributed by atoms with Gasteiger partial charge in [-0.05, 0) is 51.6 Å². The van der Waals surface area contributed by atoms with Crippen LogP contribution in [0.2, 0.25) is 0 Å². The molecule has 2 heterocycles. The standard InChI is InChI=1S/C16H25N5O2/c1-11(12-2-3-12)21-14(4-7-18-21)19-15(22)10-20-8-5-13(6-9-20)16(17)23/h4,7,11-13H,2-3,5-6,8-10H2,1H3,(H2,17,23)(H,19,22)/t11-/m1/s1. The van der Waals surface area contributed by atoms with Crippen LogP contribution >= 0.6 is 0 Å². The third kappa shape index (κ3) is 3.90. The summed E-state index contributed by atoms with van der Waals surface area (Å²) in [6, 6.07) is 2.17. The van der Waals surface area contributed by atoms with E-state index < -0.39 is 0 Å². The molecule has 1 atom stereocenters. The predicted molar refractivity (Wildman–Crippen MR) is 86.7 cm³/mol. The smallest absolute Gasteiger partial charge is 0.239 e. The second-order valence-electron chi connectivity index (χ2n) is 6.74. The van der Waals surface area contributed by atoms with E-state index in [0.29, 0.717) is 18.5 Å². The van der Waals surface area contributed by atoms with Gasteiger partial charge in [-0.3, -0.25) is 14.5 Å². The van der Waals surface area contributed by atoms with Crippen LogP contribution in [0, 0.1) is 11.8 Å². The van der Waals surface area contributed by atoms with Gasteiger partial charge in [0.1, 0.15) is 5.82 Å². The molecule has 2 fully saturated rings. The fourth-order valence-corrected chi connectivity index (χ4v) is 3.28. The average Bonchev–Trinajstić information content (AvgIpc) is 3.27. The lowest BCUT2D eigenvalue weighted by Gasteiger charge is -2.29. The van der Waals surface area contributed by atoms with Crippen molar-refractivity contribution >= 4 is 17.6 Å². The van der Waals surface area contributed by atoms with Crippen molar-refractivity contribution in [3.05, 3.63) is 12.3 Å². The molecular weight excluding hydrogens is 294 g/mol. The molecule has 7 heteroatoms. The number of hydrogen-bond acceptors (Lipinski definition) is 4. The molecule has 1 aromatic heterocycles. The lowest BCUT2D eigenvalue weighted by atomic mass is 9.96. The molecule has 7 nitrogen and oxygen atoms in total. The molecule has 126 valence electrons. The van der Waals surface area contributed by atoms with Gasteiger partial charge in [-0.25, -0.2) is 4.68 Å². The quantitative estimate of drug-likeness (QED) is 0.817. The van der Waals surface area contributed by atoms with Crippen molar-refractivity contribution < 1.29 is 9.59 Å². The second-order valence-corrected chi connectivity index (χ2v) is 6.74. The van der Waals surface area contributed by atoms with Crippen LogP contribution in [0.3, 0.4) is 0 Å². The minimum absolute atomic E-state index is 0.0349. The number of nitrogens with one attached hydrogen (secondary N) is 1. The molecule has 3 N–H and O–H groups in total. The highest BCUT2D eigenvalue weighted by molar-refractivity contribution is 5.91. The zero-order valence-corrected chi connectivity index (χ0v) is 13.6. The molecule has 23 heavy (non-hydrogen) atoms. The summed E-state index contributed by atoms with van der Waals surface area (Å²) in [7, 11) is 0. The number of rotatable bonds is 6. The molecule has 0 bridgehead atoms. The van der Waals surface area contributed by atoms with Gasteiger partial charge in [0.2, 0.25) is 11.8 Å². The van der Waals surface area contributed by atoms with Crippen LogP contribution in [0.1, 0.15) is 38.6 Å². The number of nitrogens with two attached hydrogens (primary N) is 1. The van der Waals surface area contributed by atoms with Crippen molar-refractivity contribution in [2.45, 2.75) is 38.6 Å². The summed E-state index contributed by atoms with van der Waals surface area (Å²) in [4.78, 5) is 25.5. The Balaban J connectivity index is 1.50. The van der Waals surface area contributed by atoms with Gasteiger partial charge in [-0.1, -0.05) is 0 Å². The van der Waals surface area contributed by atoms with E-state index in [1.807, 2.05) is 10.7 Å². The fourth-order valence-electron chi connectivity index (χ4n) is 3.28. The van der Waals surface area contributed by atoms with Gasteiger partial charge in [0.15, 0.2) is 0 Å². The minimum Gasteiger partial charge on any atom is -0.369 e. The molecule has 0 aromatic carbocycles. The summed E-state index contributed by atoms with van der Waals surface area (Å²) in [6.45, 7) is 3.96. The van der Waals surface area contributed by atoms with E-state index in [2.05, 4.69) is 22.2 Å². The van der Waals surface area contributed by atoms with E-state index in [1.54, 1.807) is 6.20 Å². The number of aromatic nitrogens is 2. The normalized spacial score (nSPS) is 21.1. The van der Waals surface area contributed by atoms with E-state index in [0.717, 1.165) is 31.7 Å². The largest absolute Gasteiger partial charge is 0.369 e. The Hall–Kier alpha value is -1.89. The summed E-state index contributed by atoms with van der Waals surface area (Å²) in [5.74, 6) is 1.13. The third-order valence-electron chi connectivity index (χ3n) is 4.98. The molecule has 0 spiro atoms. The summed E-state index contributed by atoms with van der Waals surface area (Å²) in [6.07, 6.45) is 5.68. The van der Waals surface area contributed by atoms with Crippen LogP contribution in [0.25, 0.3) is 0 Å². The fraction of sp³-hybridized carbons (Fsp3) is 0.688. The Bertz CT molecular complexity index is 573. The molecule has 1 aliphatic carbocycles. The lowest BCUT2D eigenvalue weighted by Crippen LogP contribution is -2.42. The van der Waals surface area contributed by atoms with E-state index in [4.69, 9.17) is 5.73 Å². The van der Waals surface area contributed by atoms with Crippen LogP contribution in [-0.2, 0) is 9.59 Å². The monoisotopic (exact) mass is 319 g/mol. The first-order valence-electron chi connectivity index (χ1n) is 8.39. The molecule has 1 aromatic rings. The van der Waals surface area contributed by atoms with Crippen LogP contribution in [0.4, 0.5) is 5.82 Å². The topological polar surface area (TPSA) is 93.2 Å². The predicted octanol–water partition coefficient (Wildman–Crippen LogP) is 0.990. The Morgan fingerprint density at radius 1 is 1.35 bits per heavy atom. The highest BCUT2D eigenvalue weighted by atomic mass is 16.2. The van der Waals surface area contributed by atoms with Crippen LogP contribution in [0.15, 0.2) is 12.3 Å². The van der Waals surface area contributed by atoms with Gasteiger partial charge in [-0.15, -0.1) is 0 Å². The number of nitrogens with zero attached hydrogens (tertiary/aromatic N) is 3. The first-order valence-corrected chi connectivity index (χ1v) is 8.39. The average molecular weight is 319 g/mol. The molecule has 0 radical (unpaired) electrons. The zero-order chi connectivity index (χ0) is 16.4. The third-order valence-corrected chi connectivity index (χ3v) is 4.98.